The highest BCUT2D eigenvalue weighted by molar-refractivity contribution is 6.05. The Kier molecular flexibility index (Phi) is 9.98. The minimum Gasteiger partial charge on any atom is -0.480 e. The molecule has 36 heavy (non-hydrogen) atoms. The molecular formula is C21H27F6N3O6. The minimum atomic E-state index is -4.90. The van der Waals surface area contributed by atoms with Crippen molar-refractivity contribution in [3.05, 3.63) is 23.8 Å². The van der Waals surface area contributed by atoms with Gasteiger partial charge >= 0.3 is 24.6 Å². The standard InChI is InChI=1S/C19H23F3N2O6.C2H4F3N/c1-5-12(23-17(28)30-18(2,3)4)15(25)24-13-7-6-11(29-19(20,21)22)8-10(13)9-14(24)16(26)27;3-2(4,5)1-6/h6-8,12,14H,5,9H2,1-4H3,(H,23,28)(H,26,27);1,6H2/t12-,14-;/m0./s1. The van der Waals surface area contributed by atoms with E-state index in [0.717, 1.165) is 17.0 Å². The number of nitrogens with two attached hydrogens (primary N) is 1. The van der Waals surface area contributed by atoms with Crippen molar-refractivity contribution in [2.75, 3.05) is 11.4 Å². The van der Waals surface area contributed by atoms with Crippen LogP contribution < -0.4 is 20.7 Å². The molecule has 9 nitrogen and oxygen atoms in total. The van der Waals surface area contributed by atoms with Crippen molar-refractivity contribution in [1.29, 1.82) is 0 Å². The number of alkyl carbamates (subject to hydrolysis) is 1. The lowest BCUT2D eigenvalue weighted by Gasteiger charge is -2.28. The summed E-state index contributed by atoms with van der Waals surface area (Å²) in [6.07, 6.45) is -9.98. The summed E-state index contributed by atoms with van der Waals surface area (Å²) in [6, 6.07) is 0.826. The third-order valence-electron chi connectivity index (χ3n) is 4.42. The Labute approximate surface area is 202 Å². The Hall–Kier alpha value is -3.23. The molecule has 2 rings (SSSR count). The number of amides is 2. The quantitative estimate of drug-likeness (QED) is 0.494. The van der Waals surface area contributed by atoms with Crippen LogP contribution >= 0.6 is 0 Å². The van der Waals surface area contributed by atoms with Crippen LogP contribution in [0.1, 0.15) is 39.7 Å². The highest BCUT2D eigenvalue weighted by Crippen LogP contribution is 2.37. The van der Waals surface area contributed by atoms with Gasteiger partial charge in [-0.2, -0.15) is 13.2 Å². The van der Waals surface area contributed by atoms with Gasteiger partial charge in [-0.15, -0.1) is 13.2 Å². The van der Waals surface area contributed by atoms with Gasteiger partial charge in [0.2, 0.25) is 0 Å². The number of anilines is 1. The monoisotopic (exact) mass is 531 g/mol. The lowest BCUT2D eigenvalue weighted by Crippen LogP contribution is -2.53. The molecule has 1 aromatic carbocycles. The van der Waals surface area contributed by atoms with E-state index in [1.807, 2.05) is 0 Å². The number of alkyl halides is 6. The van der Waals surface area contributed by atoms with Crippen LogP contribution in [0.4, 0.5) is 36.8 Å². The molecule has 2 amide bonds. The van der Waals surface area contributed by atoms with E-state index in [1.54, 1.807) is 27.7 Å². The molecule has 0 bridgehead atoms. The minimum absolute atomic E-state index is 0.144. The first-order chi connectivity index (χ1) is 16.3. The number of fused-ring (bicyclic) bond motifs is 1. The van der Waals surface area contributed by atoms with Crippen LogP contribution in [0.3, 0.4) is 0 Å². The second-order valence-corrected chi connectivity index (χ2v) is 8.53. The number of nitrogens with zero attached hydrogens (tertiary/aromatic N) is 1. The summed E-state index contributed by atoms with van der Waals surface area (Å²) in [5.74, 6) is -2.55. The second kappa shape index (κ2) is 11.7. The number of rotatable bonds is 5. The molecule has 15 heteroatoms. The van der Waals surface area contributed by atoms with Gasteiger partial charge < -0.3 is 25.6 Å². The van der Waals surface area contributed by atoms with Crippen LogP contribution in [-0.2, 0) is 20.7 Å². The normalized spacial score (nSPS) is 16.3. The second-order valence-electron chi connectivity index (χ2n) is 8.53. The largest absolute Gasteiger partial charge is 0.573 e. The Morgan fingerprint density at radius 1 is 1.17 bits per heavy atom. The average Bonchev–Trinajstić information content (AvgIpc) is 3.08. The van der Waals surface area contributed by atoms with Crippen molar-refractivity contribution in [2.45, 2.75) is 70.8 Å². The fourth-order valence-electron chi connectivity index (χ4n) is 3.05. The summed E-state index contributed by atoms with van der Waals surface area (Å²) >= 11 is 0. The van der Waals surface area contributed by atoms with Gasteiger partial charge in [0.25, 0.3) is 5.91 Å². The predicted molar refractivity (Wildman–Crippen MR) is 114 cm³/mol. The summed E-state index contributed by atoms with van der Waals surface area (Å²) < 4.78 is 78.4. The zero-order chi connectivity index (χ0) is 28.1. The Balaban J connectivity index is 0.000000960. The summed E-state index contributed by atoms with van der Waals surface area (Å²) in [7, 11) is 0. The van der Waals surface area contributed by atoms with Gasteiger partial charge in [-0.05, 0) is 51.0 Å². The molecule has 0 fully saturated rings. The number of carbonyl (C=O) groups excluding carboxylic acids is 2. The van der Waals surface area contributed by atoms with E-state index in [9.17, 15) is 45.8 Å². The molecule has 1 aromatic rings. The number of carboxylic acid groups (broad SMARTS) is 1. The van der Waals surface area contributed by atoms with Crippen LogP contribution in [0.5, 0.6) is 5.75 Å². The van der Waals surface area contributed by atoms with Crippen molar-refractivity contribution in [1.82, 2.24) is 5.32 Å². The number of benzene rings is 1. The first kappa shape index (κ1) is 30.8. The Morgan fingerprint density at radius 3 is 2.14 bits per heavy atom. The van der Waals surface area contributed by atoms with E-state index in [1.165, 1.54) is 6.07 Å². The van der Waals surface area contributed by atoms with E-state index < -0.39 is 60.5 Å². The number of hydrogen-bond acceptors (Lipinski definition) is 6. The van der Waals surface area contributed by atoms with Crippen LogP contribution in [0, 0.1) is 0 Å². The molecule has 0 saturated heterocycles. The molecule has 0 aromatic heterocycles. The molecule has 1 aliphatic rings. The van der Waals surface area contributed by atoms with Gasteiger partial charge in [-0.3, -0.25) is 9.69 Å². The van der Waals surface area contributed by atoms with Crippen LogP contribution in [-0.4, -0.2) is 59.8 Å². The molecule has 0 spiro atoms. The third kappa shape index (κ3) is 9.79. The van der Waals surface area contributed by atoms with Crippen molar-refractivity contribution in [3.8, 4) is 5.75 Å². The lowest BCUT2D eigenvalue weighted by molar-refractivity contribution is -0.274. The lowest BCUT2D eigenvalue weighted by atomic mass is 10.1. The van der Waals surface area contributed by atoms with E-state index in [0.29, 0.717) is 0 Å². The predicted octanol–water partition coefficient (Wildman–Crippen LogP) is 3.74. The van der Waals surface area contributed by atoms with Crippen LogP contribution in [0.15, 0.2) is 18.2 Å². The SMILES string of the molecule is CC[C@H](NC(=O)OC(C)(C)C)C(=O)N1c2ccc(OC(F)(F)F)cc2C[C@H]1C(=O)O.NCC(F)(F)F. The number of aliphatic carboxylic acids is 1. The molecule has 2 atom stereocenters. The van der Waals surface area contributed by atoms with Gasteiger partial charge in [0.1, 0.15) is 23.4 Å². The fourth-order valence-corrected chi connectivity index (χ4v) is 3.05. The maximum absolute atomic E-state index is 13.1. The zero-order valence-corrected chi connectivity index (χ0v) is 19.8. The van der Waals surface area contributed by atoms with Crippen LogP contribution in [0.25, 0.3) is 0 Å². The molecule has 0 radical (unpaired) electrons. The van der Waals surface area contributed by atoms with Crippen molar-refractivity contribution in [2.24, 2.45) is 5.73 Å². The van der Waals surface area contributed by atoms with E-state index in [2.05, 4.69) is 15.8 Å². The number of nitrogens with one attached hydrogen (secondary N) is 1. The smallest absolute Gasteiger partial charge is 0.480 e. The first-order valence-electron chi connectivity index (χ1n) is 10.5. The van der Waals surface area contributed by atoms with Crippen molar-refractivity contribution in [3.63, 3.8) is 0 Å². The van der Waals surface area contributed by atoms with Crippen molar-refractivity contribution < 1.29 is 55.3 Å². The summed E-state index contributed by atoms with van der Waals surface area (Å²) in [4.78, 5) is 37.8. The number of hydrogen-bond donors (Lipinski definition) is 3. The molecule has 1 aliphatic heterocycles. The molecule has 0 saturated carbocycles. The van der Waals surface area contributed by atoms with E-state index >= 15 is 0 Å². The number of carboxylic acids is 1. The molecule has 204 valence electrons. The number of ether oxygens (including phenoxy) is 2. The number of carbonyl (C=O) groups is 3. The number of halogens is 6. The third-order valence-corrected chi connectivity index (χ3v) is 4.42. The van der Waals surface area contributed by atoms with Gasteiger partial charge in [0, 0.05) is 12.1 Å². The summed E-state index contributed by atoms with van der Waals surface area (Å²) in [5.41, 5.74) is 3.74. The van der Waals surface area contributed by atoms with Gasteiger partial charge in [0.05, 0.1) is 6.54 Å². The van der Waals surface area contributed by atoms with Gasteiger partial charge in [-0.25, -0.2) is 9.59 Å². The van der Waals surface area contributed by atoms with E-state index in [4.69, 9.17) is 4.74 Å². The van der Waals surface area contributed by atoms with Gasteiger partial charge in [-0.1, -0.05) is 6.92 Å². The Bertz CT molecular complexity index is 946. The fraction of sp³-hybridized carbons (Fsp3) is 0.571. The average molecular weight is 531 g/mol. The highest BCUT2D eigenvalue weighted by Gasteiger charge is 2.42. The molecule has 4 N–H and O–H groups in total. The molecule has 1 heterocycles. The summed E-state index contributed by atoms with van der Waals surface area (Å²) in [5, 5.41) is 11.9. The van der Waals surface area contributed by atoms with Gasteiger partial charge in [0.15, 0.2) is 0 Å². The molecular weight excluding hydrogens is 504 g/mol. The highest BCUT2D eigenvalue weighted by atomic mass is 19.4. The van der Waals surface area contributed by atoms with Crippen LogP contribution in [0.2, 0.25) is 0 Å². The summed E-state index contributed by atoms with van der Waals surface area (Å²) in [6.45, 7) is 5.33. The molecule has 0 unspecified atom stereocenters. The Morgan fingerprint density at radius 2 is 1.72 bits per heavy atom. The van der Waals surface area contributed by atoms with E-state index in [-0.39, 0.29) is 24.1 Å². The zero-order valence-electron chi connectivity index (χ0n) is 19.8. The molecule has 0 aliphatic carbocycles. The first-order valence-corrected chi connectivity index (χ1v) is 10.5. The van der Waals surface area contributed by atoms with Crippen molar-refractivity contribution >= 4 is 23.7 Å². The maximum atomic E-state index is 13.1. The topological polar surface area (TPSA) is 131 Å². The maximum Gasteiger partial charge on any atom is 0.573 e.